The Morgan fingerprint density at radius 1 is 0.495 bits per heavy atom. The van der Waals surface area contributed by atoms with Crippen molar-refractivity contribution in [3.8, 4) is 0 Å². The van der Waals surface area contributed by atoms with Crippen LogP contribution in [0.15, 0.2) is 30.3 Å². The fourth-order valence-corrected chi connectivity index (χ4v) is 10.9. The maximum atomic E-state index is 13.9. The molecule has 0 spiro atoms. The van der Waals surface area contributed by atoms with E-state index in [9.17, 15) is 92.7 Å². The van der Waals surface area contributed by atoms with Gasteiger partial charge in [0.15, 0.2) is 0 Å². The number of rotatable bonds is 48. The molecule has 0 unspecified atom stereocenters. The molecule has 1 aliphatic heterocycles. The SMILES string of the molecule is CC[C@H](C)[C@H](NC(=O)[C@H](CCC(N)=O)NC(=O)[C@@H]1CCCN1C(=O)CCCCCCCCCCCCC(=O)N[C@@H](CO)C(=O)N[C@H](C(=O)N[C@@H](CC(C)C)C(=O)N[C@@H](CC(N)=O)C(=O)N[C@@H](Cc1ccccc1)C(=O)O)[C@@H](C)O)C(=O)N[C@H](C(=O)N[C@@H](CC(C)C)C(=O)O)[C@@H](C)O. The third-order valence-corrected chi connectivity index (χ3v) is 16.6. The number of unbranched alkanes of at least 4 members (excludes halogenated alkanes) is 9. The first-order chi connectivity index (χ1) is 45.7. The van der Waals surface area contributed by atoms with E-state index in [0.717, 1.165) is 44.9 Å². The van der Waals surface area contributed by atoms with Gasteiger partial charge in [0.25, 0.3) is 0 Å². The lowest BCUT2D eigenvalue weighted by Gasteiger charge is -2.30. The van der Waals surface area contributed by atoms with Crippen molar-refractivity contribution in [1.82, 2.24) is 52.8 Å². The molecule has 0 aromatic heterocycles. The fourth-order valence-electron chi connectivity index (χ4n) is 10.9. The van der Waals surface area contributed by atoms with E-state index in [4.69, 9.17) is 11.5 Å². The van der Waals surface area contributed by atoms with Gasteiger partial charge in [0.05, 0.1) is 25.2 Å². The van der Waals surface area contributed by atoms with Gasteiger partial charge in [-0.15, -0.1) is 0 Å². The average Bonchev–Trinajstić information content (AvgIpc) is 1.84. The molecular weight excluding hydrogens is 1260 g/mol. The predicted octanol–water partition coefficient (Wildman–Crippen LogP) is -0.533. The van der Waals surface area contributed by atoms with Crippen LogP contribution in [-0.2, 0) is 73.5 Å². The molecule has 31 heteroatoms. The lowest BCUT2D eigenvalue weighted by molar-refractivity contribution is -0.143. The van der Waals surface area contributed by atoms with Gasteiger partial charge in [-0.2, -0.15) is 0 Å². The number of hydrogen-bond donors (Lipinski definition) is 16. The van der Waals surface area contributed by atoms with E-state index in [0.29, 0.717) is 50.6 Å². The van der Waals surface area contributed by atoms with Crippen LogP contribution in [0, 0.1) is 17.8 Å². The van der Waals surface area contributed by atoms with E-state index in [2.05, 4.69) is 47.9 Å². The number of carbonyl (C=O) groups is 14. The molecule has 1 fully saturated rings. The van der Waals surface area contributed by atoms with E-state index < -0.39 is 168 Å². The largest absolute Gasteiger partial charge is 0.480 e. The van der Waals surface area contributed by atoms with Crippen molar-refractivity contribution in [3.63, 3.8) is 0 Å². The van der Waals surface area contributed by atoms with Crippen LogP contribution < -0.4 is 59.3 Å². The molecular formula is C66H108N12O19. The molecule has 0 radical (unpaired) electrons. The Bertz CT molecular complexity index is 2770. The number of primary amides is 2. The van der Waals surface area contributed by atoms with Crippen molar-refractivity contribution in [2.45, 2.75) is 263 Å². The number of carboxylic acids is 2. The number of aliphatic hydroxyl groups excluding tert-OH is 3. The van der Waals surface area contributed by atoms with E-state index >= 15 is 0 Å². The Morgan fingerprint density at radius 3 is 1.43 bits per heavy atom. The Morgan fingerprint density at radius 2 is 0.938 bits per heavy atom. The summed E-state index contributed by atoms with van der Waals surface area (Å²) in [5.41, 5.74) is 11.4. The predicted molar refractivity (Wildman–Crippen MR) is 354 cm³/mol. The molecule has 12 amide bonds. The van der Waals surface area contributed by atoms with Gasteiger partial charge in [-0.25, -0.2) is 9.59 Å². The Kier molecular flexibility index (Phi) is 38.9. The smallest absolute Gasteiger partial charge is 0.326 e. The van der Waals surface area contributed by atoms with E-state index in [1.807, 2.05) is 0 Å². The quantitative estimate of drug-likeness (QED) is 0.0365. The molecule has 0 saturated carbocycles. The Labute approximate surface area is 567 Å². The molecule has 546 valence electrons. The molecule has 1 aromatic rings. The molecule has 1 heterocycles. The zero-order valence-electron chi connectivity index (χ0n) is 57.4. The van der Waals surface area contributed by atoms with Crippen LogP contribution in [0.4, 0.5) is 0 Å². The van der Waals surface area contributed by atoms with Crippen molar-refractivity contribution in [1.29, 1.82) is 0 Å². The van der Waals surface area contributed by atoms with E-state index in [-0.39, 0.29) is 62.7 Å². The number of aliphatic hydroxyl groups is 3. The van der Waals surface area contributed by atoms with Crippen LogP contribution in [0.1, 0.15) is 189 Å². The minimum atomic E-state index is -1.71. The van der Waals surface area contributed by atoms with Gasteiger partial charge in [0, 0.05) is 32.2 Å². The van der Waals surface area contributed by atoms with Crippen molar-refractivity contribution in [3.05, 3.63) is 35.9 Å². The van der Waals surface area contributed by atoms with Crippen LogP contribution in [0.25, 0.3) is 0 Å². The van der Waals surface area contributed by atoms with Crippen molar-refractivity contribution in [2.75, 3.05) is 13.2 Å². The fraction of sp³-hybridized carbons (Fsp3) is 0.697. The number of nitrogens with two attached hydrogens (primary N) is 2. The first-order valence-corrected chi connectivity index (χ1v) is 33.8. The molecule has 18 N–H and O–H groups in total. The normalized spacial score (nSPS) is 16.6. The lowest BCUT2D eigenvalue weighted by Crippen LogP contribution is -2.61. The van der Waals surface area contributed by atoms with Gasteiger partial charge in [-0.1, -0.05) is 130 Å². The minimum Gasteiger partial charge on any atom is -0.480 e. The summed E-state index contributed by atoms with van der Waals surface area (Å²) in [5, 5.41) is 72.6. The highest BCUT2D eigenvalue weighted by molar-refractivity contribution is 5.99. The molecule has 31 nitrogen and oxygen atoms in total. The first-order valence-electron chi connectivity index (χ1n) is 33.8. The summed E-state index contributed by atoms with van der Waals surface area (Å²) >= 11 is 0. The number of amides is 12. The van der Waals surface area contributed by atoms with Crippen LogP contribution in [0.3, 0.4) is 0 Å². The highest BCUT2D eigenvalue weighted by Gasteiger charge is 2.40. The number of likely N-dealkylation sites (tertiary alicyclic amines) is 1. The van der Waals surface area contributed by atoms with Crippen molar-refractivity contribution in [2.24, 2.45) is 29.2 Å². The summed E-state index contributed by atoms with van der Waals surface area (Å²) in [6.07, 6.45) is 4.77. The lowest BCUT2D eigenvalue weighted by atomic mass is 9.96. The molecule has 97 heavy (non-hydrogen) atoms. The van der Waals surface area contributed by atoms with Gasteiger partial charge in [-0.3, -0.25) is 57.5 Å². The van der Waals surface area contributed by atoms with Crippen molar-refractivity contribution < 1.29 is 92.7 Å². The second-order valence-electron chi connectivity index (χ2n) is 26.0. The number of nitrogens with one attached hydrogen (secondary N) is 9. The van der Waals surface area contributed by atoms with Gasteiger partial charge in [-0.05, 0) is 82.1 Å². The molecule has 13 atom stereocenters. The highest BCUT2D eigenvalue weighted by Crippen LogP contribution is 2.22. The molecule has 1 aliphatic rings. The van der Waals surface area contributed by atoms with Crippen LogP contribution >= 0.6 is 0 Å². The summed E-state index contributed by atoms with van der Waals surface area (Å²) in [4.78, 5) is 184. The molecule has 1 aromatic carbocycles. The summed E-state index contributed by atoms with van der Waals surface area (Å²) in [5.74, 6) is -13.5. The summed E-state index contributed by atoms with van der Waals surface area (Å²) in [6, 6.07) is -5.85. The zero-order chi connectivity index (χ0) is 73.1. The van der Waals surface area contributed by atoms with Crippen LogP contribution in [0.2, 0.25) is 0 Å². The van der Waals surface area contributed by atoms with Gasteiger partial charge >= 0.3 is 11.9 Å². The monoisotopic (exact) mass is 1370 g/mol. The van der Waals surface area contributed by atoms with Gasteiger partial charge < -0.3 is 89.8 Å². The number of carboxylic acid groups (broad SMARTS) is 2. The second-order valence-corrected chi connectivity index (χ2v) is 26.0. The maximum absolute atomic E-state index is 13.9. The number of hydrogen-bond acceptors (Lipinski definition) is 17. The second kappa shape index (κ2) is 44.5. The zero-order valence-corrected chi connectivity index (χ0v) is 57.4. The van der Waals surface area contributed by atoms with Crippen LogP contribution in [-0.4, -0.2) is 199 Å². The number of benzene rings is 1. The topological polar surface area (TPSA) is 504 Å². The average molecular weight is 1370 g/mol. The number of nitrogens with zero attached hydrogens (tertiary/aromatic N) is 1. The minimum absolute atomic E-state index is 0.0173. The summed E-state index contributed by atoms with van der Waals surface area (Å²) in [6.45, 7) is 12.2. The Balaban J connectivity index is 1.86. The summed E-state index contributed by atoms with van der Waals surface area (Å²) in [7, 11) is 0. The maximum Gasteiger partial charge on any atom is 0.326 e. The number of carbonyl (C=O) groups excluding carboxylic acids is 12. The Hall–Kier alpha value is -8.32. The van der Waals surface area contributed by atoms with Gasteiger partial charge in [0.1, 0.15) is 60.4 Å². The standard InChI is InChI=1S/C66H108N12O19/c1-9-39(6)54(62(91)77-56(41(8)81)64(93)74-46(65(94)95)33-38(4)5)75-57(86)43(29-30-50(67)82)70-61(90)49-26-23-31-78(49)53(85)28-22-17-15-13-11-10-12-14-16-21-27-52(84)69-48(36-79)60(89)76-55(40(7)80)63(92)72-44(32-37(2)3)58(87)71-45(35-51(68)83)59(88)73-47(66(96)97)34-42-24-19-18-20-25-42/h18-20,24-25,37-41,43-49,54-56,79-81H,9-17,21-23,26-36H2,1-8H3,(H2,67,82)(H2,68,83)(H,69,84)(H,70,90)(H,71,87)(H,72,92)(H,73,88)(H,74,93)(H,75,86)(H,76,89)(H,77,91)(H,94,95)(H,96,97)/t39-,40+,41+,43-,44-,45-,46-,47-,48-,49-,54-,55-,56-/m0/s1. The third kappa shape index (κ3) is 32.1. The number of aliphatic carboxylic acids is 2. The highest BCUT2D eigenvalue weighted by atomic mass is 16.4. The van der Waals surface area contributed by atoms with E-state index in [1.54, 1.807) is 71.9 Å². The van der Waals surface area contributed by atoms with Crippen molar-refractivity contribution >= 4 is 82.8 Å². The molecule has 2 rings (SSSR count). The molecule has 1 saturated heterocycles. The van der Waals surface area contributed by atoms with Gasteiger partial charge in [0.2, 0.25) is 70.9 Å². The molecule has 0 bridgehead atoms. The van der Waals surface area contributed by atoms with E-state index in [1.165, 1.54) is 18.7 Å². The van der Waals surface area contributed by atoms with Crippen LogP contribution in [0.5, 0.6) is 0 Å². The summed E-state index contributed by atoms with van der Waals surface area (Å²) < 4.78 is 0. The third-order valence-electron chi connectivity index (χ3n) is 16.6. The first kappa shape index (κ1) is 84.8. The molecule has 0 aliphatic carbocycles.